The highest BCUT2D eigenvalue weighted by Crippen LogP contribution is 2.32. The number of fused-ring (bicyclic) bond motifs is 1. The number of hydrogen-bond donors (Lipinski definition) is 2. The van der Waals surface area contributed by atoms with E-state index in [1.807, 2.05) is 0 Å². The van der Waals surface area contributed by atoms with E-state index in [0.29, 0.717) is 55.6 Å². The highest BCUT2D eigenvalue weighted by atomic mass is 16.6. The van der Waals surface area contributed by atoms with Gasteiger partial charge in [-0.3, -0.25) is 14.4 Å². The van der Waals surface area contributed by atoms with E-state index in [1.54, 1.807) is 29.2 Å². The van der Waals surface area contributed by atoms with Crippen molar-refractivity contribution in [2.75, 3.05) is 38.2 Å². The number of anilines is 1. The lowest BCUT2D eigenvalue weighted by molar-refractivity contribution is -0.136. The molecular formula is C21H23N3O6. The molecule has 1 fully saturated rings. The highest BCUT2D eigenvalue weighted by Gasteiger charge is 2.25. The number of ether oxygens (including phenoxy) is 2. The molecule has 0 saturated carbocycles. The average molecular weight is 413 g/mol. The fourth-order valence-corrected chi connectivity index (χ4v) is 3.54. The van der Waals surface area contributed by atoms with Gasteiger partial charge >= 0.3 is 11.8 Å². The second-order valence-electron chi connectivity index (χ2n) is 7.27. The Morgan fingerprint density at radius 3 is 2.50 bits per heavy atom. The van der Waals surface area contributed by atoms with Gasteiger partial charge in [0, 0.05) is 31.4 Å². The molecule has 2 N–H and O–H groups in total. The molecule has 0 unspecified atom stereocenters. The number of carbonyl (C=O) groups is 3. The molecule has 0 spiro atoms. The van der Waals surface area contributed by atoms with E-state index >= 15 is 0 Å². The van der Waals surface area contributed by atoms with Gasteiger partial charge in [-0.15, -0.1) is 0 Å². The molecule has 9 heteroatoms. The minimum atomic E-state index is -0.737. The summed E-state index contributed by atoms with van der Waals surface area (Å²) in [6, 6.07) is 6.63. The maximum absolute atomic E-state index is 12.3. The Hall–Kier alpha value is -3.49. The van der Waals surface area contributed by atoms with Crippen LogP contribution < -0.4 is 20.1 Å². The van der Waals surface area contributed by atoms with Crippen molar-refractivity contribution in [2.24, 2.45) is 5.92 Å². The Morgan fingerprint density at radius 1 is 1.00 bits per heavy atom. The molecule has 4 rings (SSSR count). The summed E-state index contributed by atoms with van der Waals surface area (Å²) >= 11 is 0. The minimum absolute atomic E-state index is 0.0509. The van der Waals surface area contributed by atoms with Crippen LogP contribution in [0.15, 0.2) is 41.2 Å². The lowest BCUT2D eigenvalue weighted by Gasteiger charge is -2.31. The third kappa shape index (κ3) is 4.56. The van der Waals surface area contributed by atoms with Crippen LogP contribution in [0, 0.1) is 5.92 Å². The topological polar surface area (TPSA) is 110 Å². The van der Waals surface area contributed by atoms with Crippen LogP contribution in [0.4, 0.5) is 5.69 Å². The van der Waals surface area contributed by atoms with Crippen LogP contribution in [0.25, 0.3) is 0 Å². The van der Waals surface area contributed by atoms with Crippen LogP contribution in [-0.4, -0.2) is 55.5 Å². The van der Waals surface area contributed by atoms with Crippen LogP contribution in [-0.2, 0) is 9.59 Å². The standard InChI is InChI=1S/C21H23N3O6/c25-19(20(26)23-16-1-2-17-18(11-16)30-10-9-29-17)22-12-14-3-6-24(7-4-14)21(27)15-5-8-28-13-15/h1-2,5,8,11,13-14H,3-4,6-7,9-10,12H2,(H,22,25)(H,23,26). The predicted octanol–water partition coefficient (Wildman–Crippen LogP) is 1.66. The number of carbonyl (C=O) groups excluding carboxylic acids is 3. The lowest BCUT2D eigenvalue weighted by Crippen LogP contribution is -2.43. The highest BCUT2D eigenvalue weighted by molar-refractivity contribution is 6.39. The Kier molecular flexibility index (Phi) is 5.87. The van der Waals surface area contributed by atoms with Crippen LogP contribution in [0.2, 0.25) is 0 Å². The number of piperidine rings is 1. The summed E-state index contributed by atoms with van der Waals surface area (Å²) < 4.78 is 15.9. The molecular weight excluding hydrogens is 390 g/mol. The normalized spacial score (nSPS) is 16.1. The second kappa shape index (κ2) is 8.89. The van der Waals surface area contributed by atoms with E-state index in [-0.39, 0.29) is 11.8 Å². The monoisotopic (exact) mass is 413 g/mol. The van der Waals surface area contributed by atoms with Gasteiger partial charge in [0.1, 0.15) is 19.5 Å². The molecule has 0 radical (unpaired) electrons. The zero-order valence-electron chi connectivity index (χ0n) is 16.4. The van der Waals surface area contributed by atoms with Crippen LogP contribution in [0.1, 0.15) is 23.2 Å². The Labute approximate surface area is 173 Å². The first-order valence-corrected chi connectivity index (χ1v) is 9.90. The van der Waals surface area contributed by atoms with Gasteiger partial charge in [-0.2, -0.15) is 0 Å². The quantitative estimate of drug-likeness (QED) is 0.738. The van der Waals surface area contributed by atoms with Gasteiger partial charge in [0.05, 0.1) is 11.8 Å². The summed E-state index contributed by atoms with van der Waals surface area (Å²) in [4.78, 5) is 38.4. The van der Waals surface area contributed by atoms with Gasteiger partial charge in [-0.25, -0.2) is 0 Å². The van der Waals surface area contributed by atoms with Crippen molar-refractivity contribution in [3.8, 4) is 11.5 Å². The largest absolute Gasteiger partial charge is 0.486 e. The zero-order chi connectivity index (χ0) is 20.9. The van der Waals surface area contributed by atoms with E-state index in [1.165, 1.54) is 12.5 Å². The number of benzene rings is 1. The Morgan fingerprint density at radius 2 is 1.77 bits per heavy atom. The zero-order valence-corrected chi connectivity index (χ0v) is 16.4. The van der Waals surface area contributed by atoms with Crippen LogP contribution >= 0.6 is 0 Å². The van der Waals surface area contributed by atoms with Gasteiger partial charge in [-0.1, -0.05) is 0 Å². The molecule has 2 aliphatic heterocycles. The number of likely N-dealkylation sites (tertiary alicyclic amines) is 1. The molecule has 3 amide bonds. The fourth-order valence-electron chi connectivity index (χ4n) is 3.54. The molecule has 2 aliphatic rings. The fraction of sp³-hybridized carbons (Fsp3) is 0.381. The molecule has 0 bridgehead atoms. The van der Waals surface area contributed by atoms with Crippen molar-refractivity contribution in [3.05, 3.63) is 42.4 Å². The molecule has 2 aromatic rings. The Bertz CT molecular complexity index is 919. The SMILES string of the molecule is O=C(NCC1CCN(C(=O)c2ccoc2)CC1)C(=O)Nc1ccc2c(c1)OCCO2. The molecule has 9 nitrogen and oxygen atoms in total. The first-order valence-electron chi connectivity index (χ1n) is 9.90. The van der Waals surface area contributed by atoms with Crippen molar-refractivity contribution in [3.63, 3.8) is 0 Å². The molecule has 3 heterocycles. The first kappa shape index (κ1) is 19.8. The number of nitrogens with one attached hydrogen (secondary N) is 2. The number of rotatable bonds is 4. The molecule has 0 aliphatic carbocycles. The van der Waals surface area contributed by atoms with Gasteiger partial charge in [0.25, 0.3) is 5.91 Å². The number of furan rings is 1. The second-order valence-corrected chi connectivity index (χ2v) is 7.27. The van der Waals surface area contributed by atoms with Crippen molar-refractivity contribution < 1.29 is 28.3 Å². The van der Waals surface area contributed by atoms with Crippen molar-refractivity contribution in [1.82, 2.24) is 10.2 Å². The first-order chi connectivity index (χ1) is 14.6. The number of hydrogen-bond acceptors (Lipinski definition) is 6. The van der Waals surface area contributed by atoms with E-state index in [0.717, 1.165) is 12.8 Å². The van der Waals surface area contributed by atoms with Crippen molar-refractivity contribution >= 4 is 23.4 Å². The smallest absolute Gasteiger partial charge is 0.313 e. The summed E-state index contributed by atoms with van der Waals surface area (Å²) in [5.74, 6) is -0.118. The summed E-state index contributed by atoms with van der Waals surface area (Å²) in [5, 5.41) is 5.25. The van der Waals surface area contributed by atoms with Crippen LogP contribution in [0.3, 0.4) is 0 Å². The third-order valence-electron chi connectivity index (χ3n) is 5.23. The van der Waals surface area contributed by atoms with E-state index in [4.69, 9.17) is 13.9 Å². The summed E-state index contributed by atoms with van der Waals surface area (Å²) in [5.41, 5.74) is 1.00. The van der Waals surface area contributed by atoms with E-state index in [2.05, 4.69) is 10.6 Å². The summed E-state index contributed by atoms with van der Waals surface area (Å²) in [6.07, 6.45) is 4.43. The minimum Gasteiger partial charge on any atom is -0.486 e. The number of amides is 3. The van der Waals surface area contributed by atoms with Gasteiger partial charge in [0.15, 0.2) is 11.5 Å². The average Bonchev–Trinajstić information content (AvgIpc) is 3.32. The maximum atomic E-state index is 12.3. The summed E-state index contributed by atoms with van der Waals surface area (Å²) in [7, 11) is 0. The van der Waals surface area contributed by atoms with Crippen molar-refractivity contribution in [1.29, 1.82) is 0 Å². The molecule has 0 atom stereocenters. The Balaban J connectivity index is 1.21. The van der Waals surface area contributed by atoms with E-state index < -0.39 is 11.8 Å². The number of nitrogens with zero attached hydrogens (tertiary/aromatic N) is 1. The lowest BCUT2D eigenvalue weighted by atomic mass is 9.96. The van der Waals surface area contributed by atoms with E-state index in [9.17, 15) is 14.4 Å². The van der Waals surface area contributed by atoms with Gasteiger partial charge in [0.2, 0.25) is 0 Å². The maximum Gasteiger partial charge on any atom is 0.313 e. The summed E-state index contributed by atoms with van der Waals surface area (Å²) in [6.45, 7) is 2.53. The predicted molar refractivity (Wildman–Crippen MR) is 106 cm³/mol. The molecule has 1 saturated heterocycles. The third-order valence-corrected chi connectivity index (χ3v) is 5.23. The van der Waals surface area contributed by atoms with Crippen LogP contribution in [0.5, 0.6) is 11.5 Å². The molecule has 30 heavy (non-hydrogen) atoms. The van der Waals surface area contributed by atoms with Gasteiger partial charge in [-0.05, 0) is 37.0 Å². The molecule has 1 aromatic heterocycles. The van der Waals surface area contributed by atoms with Gasteiger partial charge < -0.3 is 29.4 Å². The van der Waals surface area contributed by atoms with Crippen molar-refractivity contribution in [2.45, 2.75) is 12.8 Å². The molecule has 158 valence electrons. The molecule has 1 aromatic carbocycles.